The Morgan fingerprint density at radius 3 is 2.55 bits per heavy atom. The summed E-state index contributed by atoms with van der Waals surface area (Å²) in [5, 5.41) is 17.3. The van der Waals surface area contributed by atoms with Crippen molar-refractivity contribution in [1.82, 2.24) is 0 Å². The molecule has 108 valence electrons. The summed E-state index contributed by atoms with van der Waals surface area (Å²) in [6.07, 6.45) is 2.30. The molecule has 0 radical (unpaired) electrons. The first kappa shape index (κ1) is 15.8. The molecule has 0 aromatic heterocycles. The van der Waals surface area contributed by atoms with Gasteiger partial charge in [-0.1, -0.05) is 11.6 Å². The van der Waals surface area contributed by atoms with Crippen LogP contribution in [0.3, 0.4) is 0 Å². The lowest BCUT2D eigenvalue weighted by Gasteiger charge is -2.13. The number of carboxylic acid groups (broad SMARTS) is 2. The van der Waals surface area contributed by atoms with Crippen molar-refractivity contribution in [3.8, 4) is 11.5 Å². The van der Waals surface area contributed by atoms with E-state index in [0.29, 0.717) is 12.2 Å². The molecule has 0 saturated carbocycles. The van der Waals surface area contributed by atoms with Crippen molar-refractivity contribution in [1.29, 1.82) is 0 Å². The molecule has 20 heavy (non-hydrogen) atoms. The minimum Gasteiger partial charge on any atom is -0.490 e. The number of carbonyl (C=O) groups is 2. The highest BCUT2D eigenvalue weighted by atomic mass is 35.5. The highest BCUT2D eigenvalue weighted by Crippen LogP contribution is 2.37. The fourth-order valence-corrected chi connectivity index (χ4v) is 1.66. The van der Waals surface area contributed by atoms with E-state index in [2.05, 4.69) is 0 Å². The summed E-state index contributed by atoms with van der Waals surface area (Å²) in [6.45, 7) is 1.52. The molecule has 0 fully saturated rings. The van der Waals surface area contributed by atoms with Gasteiger partial charge >= 0.3 is 11.9 Å². The van der Waals surface area contributed by atoms with Crippen molar-refractivity contribution >= 4 is 29.6 Å². The summed E-state index contributed by atoms with van der Waals surface area (Å²) in [5.74, 6) is -1.86. The van der Waals surface area contributed by atoms with Crippen molar-refractivity contribution in [3.05, 3.63) is 28.8 Å². The molecule has 0 unspecified atom stereocenters. The van der Waals surface area contributed by atoms with Crippen LogP contribution in [0.1, 0.15) is 12.5 Å². The summed E-state index contributed by atoms with van der Waals surface area (Å²) >= 11 is 5.99. The first-order valence-electron chi connectivity index (χ1n) is 5.66. The third-order valence-corrected chi connectivity index (χ3v) is 2.37. The molecule has 0 aliphatic heterocycles. The molecule has 1 rings (SSSR count). The topological polar surface area (TPSA) is 93.1 Å². The van der Waals surface area contributed by atoms with Crippen LogP contribution in [0, 0.1) is 0 Å². The molecule has 1 aromatic carbocycles. The summed E-state index contributed by atoms with van der Waals surface area (Å²) in [4.78, 5) is 21.0. The van der Waals surface area contributed by atoms with Crippen LogP contribution >= 0.6 is 11.6 Å². The zero-order chi connectivity index (χ0) is 15.1. The van der Waals surface area contributed by atoms with Crippen LogP contribution in [0.15, 0.2) is 18.2 Å². The molecule has 1 aromatic rings. The van der Waals surface area contributed by atoms with Crippen molar-refractivity contribution in [2.45, 2.75) is 6.92 Å². The summed E-state index contributed by atoms with van der Waals surface area (Å²) in [5.41, 5.74) is 0.503. The number of aliphatic carboxylic acids is 2. The third-order valence-electron chi connectivity index (χ3n) is 2.09. The van der Waals surface area contributed by atoms with E-state index < -0.39 is 18.5 Å². The van der Waals surface area contributed by atoms with Crippen molar-refractivity contribution < 1.29 is 29.3 Å². The maximum atomic E-state index is 10.5. The Morgan fingerprint density at radius 2 is 2.00 bits per heavy atom. The molecule has 7 heteroatoms. The van der Waals surface area contributed by atoms with Gasteiger partial charge < -0.3 is 19.7 Å². The Bertz CT molecular complexity index is 538. The van der Waals surface area contributed by atoms with Gasteiger partial charge in [0.05, 0.1) is 11.6 Å². The Kier molecular flexibility index (Phi) is 5.86. The van der Waals surface area contributed by atoms with Gasteiger partial charge in [-0.15, -0.1) is 0 Å². The van der Waals surface area contributed by atoms with Gasteiger partial charge in [-0.3, -0.25) is 0 Å². The Labute approximate surface area is 120 Å². The van der Waals surface area contributed by atoms with Crippen LogP contribution in [-0.4, -0.2) is 35.4 Å². The predicted octanol–water partition coefficient (Wildman–Crippen LogP) is 2.30. The molecule has 0 saturated heterocycles. The molecule has 6 nitrogen and oxygen atoms in total. The van der Waals surface area contributed by atoms with Gasteiger partial charge in [0.1, 0.15) is 0 Å². The minimum atomic E-state index is -1.14. The number of carboxylic acids is 2. The van der Waals surface area contributed by atoms with E-state index >= 15 is 0 Å². The van der Waals surface area contributed by atoms with Crippen LogP contribution in [-0.2, 0) is 9.59 Å². The molecule has 0 aliphatic rings. The number of hydrogen-bond acceptors (Lipinski definition) is 4. The highest BCUT2D eigenvalue weighted by Gasteiger charge is 2.13. The standard InChI is InChI=1S/C13H13ClO6/c1-2-19-10-6-8(3-4-11(15)16)5-9(14)13(10)20-7-12(17)18/h3-6H,2,7H2,1H3,(H,15,16)(H,17,18). The smallest absolute Gasteiger partial charge is 0.341 e. The normalized spacial score (nSPS) is 10.5. The average Bonchev–Trinajstić information content (AvgIpc) is 2.35. The highest BCUT2D eigenvalue weighted by molar-refractivity contribution is 6.32. The number of benzene rings is 1. The molecule has 0 heterocycles. The van der Waals surface area contributed by atoms with Crippen molar-refractivity contribution in [2.24, 2.45) is 0 Å². The maximum absolute atomic E-state index is 10.5. The van der Waals surface area contributed by atoms with Gasteiger partial charge in [0.2, 0.25) is 0 Å². The summed E-state index contributed by atoms with van der Waals surface area (Å²) in [7, 11) is 0. The minimum absolute atomic E-state index is 0.114. The van der Waals surface area contributed by atoms with Gasteiger partial charge in [-0.05, 0) is 30.7 Å². The second-order valence-electron chi connectivity index (χ2n) is 3.62. The number of rotatable bonds is 7. The van der Waals surface area contributed by atoms with Crippen LogP contribution in [0.4, 0.5) is 0 Å². The number of ether oxygens (including phenoxy) is 2. The predicted molar refractivity (Wildman–Crippen MR) is 72.4 cm³/mol. The Morgan fingerprint density at radius 1 is 1.30 bits per heavy atom. The van der Waals surface area contributed by atoms with Crippen molar-refractivity contribution in [2.75, 3.05) is 13.2 Å². The number of hydrogen-bond donors (Lipinski definition) is 2. The lowest BCUT2D eigenvalue weighted by molar-refractivity contribution is -0.139. The zero-order valence-electron chi connectivity index (χ0n) is 10.6. The first-order chi connectivity index (χ1) is 9.43. The van der Waals surface area contributed by atoms with E-state index in [1.54, 1.807) is 6.92 Å². The number of halogens is 1. The van der Waals surface area contributed by atoms with Gasteiger partial charge in [-0.2, -0.15) is 0 Å². The Hall–Kier alpha value is -2.21. The summed E-state index contributed by atoms with van der Waals surface area (Å²) < 4.78 is 10.4. The second kappa shape index (κ2) is 7.40. The van der Waals surface area contributed by atoms with E-state index in [-0.39, 0.29) is 16.5 Å². The molecule has 0 aliphatic carbocycles. The van der Waals surface area contributed by atoms with Gasteiger partial charge in [-0.25, -0.2) is 9.59 Å². The van der Waals surface area contributed by atoms with Gasteiger partial charge in [0, 0.05) is 6.08 Å². The van der Waals surface area contributed by atoms with Crippen LogP contribution in [0.2, 0.25) is 5.02 Å². The van der Waals surface area contributed by atoms with Gasteiger partial charge in [0.25, 0.3) is 0 Å². The maximum Gasteiger partial charge on any atom is 0.341 e. The second-order valence-corrected chi connectivity index (χ2v) is 4.02. The van der Waals surface area contributed by atoms with Crippen molar-refractivity contribution in [3.63, 3.8) is 0 Å². The van der Waals surface area contributed by atoms with Gasteiger partial charge in [0.15, 0.2) is 18.1 Å². The van der Waals surface area contributed by atoms with E-state index in [1.165, 1.54) is 18.2 Å². The monoisotopic (exact) mass is 300 g/mol. The fraction of sp³-hybridized carbons (Fsp3) is 0.231. The Balaban J connectivity index is 3.10. The lowest BCUT2D eigenvalue weighted by atomic mass is 10.2. The largest absolute Gasteiger partial charge is 0.490 e. The molecule has 0 amide bonds. The van der Waals surface area contributed by atoms with Crippen LogP contribution in [0.5, 0.6) is 11.5 Å². The quantitative estimate of drug-likeness (QED) is 0.751. The van der Waals surface area contributed by atoms with E-state index in [0.717, 1.165) is 6.08 Å². The fourth-order valence-electron chi connectivity index (χ4n) is 1.39. The van der Waals surface area contributed by atoms with E-state index in [9.17, 15) is 9.59 Å². The lowest BCUT2D eigenvalue weighted by Crippen LogP contribution is -2.10. The summed E-state index contributed by atoms with van der Waals surface area (Å²) in [6, 6.07) is 2.98. The molecule has 0 spiro atoms. The third kappa shape index (κ3) is 4.81. The average molecular weight is 301 g/mol. The van der Waals surface area contributed by atoms with Crippen LogP contribution < -0.4 is 9.47 Å². The van der Waals surface area contributed by atoms with Crippen LogP contribution in [0.25, 0.3) is 6.08 Å². The molecular formula is C13H13ClO6. The molecule has 0 atom stereocenters. The first-order valence-corrected chi connectivity index (χ1v) is 6.03. The molecule has 2 N–H and O–H groups in total. The van der Waals surface area contributed by atoms with E-state index in [1.807, 2.05) is 0 Å². The SMILES string of the molecule is CCOc1cc(C=CC(=O)O)cc(Cl)c1OCC(=O)O. The molecular weight excluding hydrogens is 288 g/mol. The molecule has 0 bridgehead atoms. The zero-order valence-corrected chi connectivity index (χ0v) is 11.4. The van der Waals surface area contributed by atoms with E-state index in [4.69, 9.17) is 31.3 Å².